The van der Waals surface area contributed by atoms with Gasteiger partial charge >= 0.3 is 6.03 Å². The predicted octanol–water partition coefficient (Wildman–Crippen LogP) is 6.19. The van der Waals surface area contributed by atoms with Gasteiger partial charge in [-0.3, -0.25) is 4.90 Å². The second-order valence-electron chi connectivity index (χ2n) is 8.40. The van der Waals surface area contributed by atoms with E-state index in [9.17, 15) is 9.18 Å². The summed E-state index contributed by atoms with van der Waals surface area (Å²) < 4.78 is 19.8. The summed E-state index contributed by atoms with van der Waals surface area (Å²) >= 11 is 0. The van der Waals surface area contributed by atoms with Gasteiger partial charge in [-0.2, -0.15) is 4.98 Å². The molecule has 0 radical (unpaired) electrons. The molecule has 3 aromatic carbocycles. The Morgan fingerprint density at radius 2 is 1.68 bits per heavy atom. The summed E-state index contributed by atoms with van der Waals surface area (Å²) in [5.74, 6) is 0.313. The Morgan fingerprint density at radius 3 is 2.41 bits per heavy atom. The normalized spacial score (nSPS) is 16.1. The van der Waals surface area contributed by atoms with Crippen LogP contribution in [0.1, 0.15) is 35.5 Å². The minimum Gasteiger partial charge on any atom is -0.334 e. The number of carbonyl (C=O) groups is 1. The van der Waals surface area contributed by atoms with Crippen LogP contribution in [0.5, 0.6) is 0 Å². The number of benzene rings is 3. The van der Waals surface area contributed by atoms with E-state index in [2.05, 4.69) is 15.5 Å². The van der Waals surface area contributed by atoms with Gasteiger partial charge in [0.15, 0.2) is 0 Å². The number of hydrogen-bond donors (Lipinski definition) is 1. The zero-order valence-electron chi connectivity index (χ0n) is 19.0. The Morgan fingerprint density at radius 1 is 0.941 bits per heavy atom. The minimum absolute atomic E-state index is 0.265. The minimum atomic E-state index is -0.657. The fourth-order valence-corrected chi connectivity index (χ4v) is 4.27. The van der Waals surface area contributed by atoms with Crippen molar-refractivity contribution in [2.75, 3.05) is 4.90 Å². The highest BCUT2D eigenvalue weighted by Crippen LogP contribution is 2.39. The molecule has 1 atom stereocenters. The van der Waals surface area contributed by atoms with Crippen LogP contribution in [0.2, 0.25) is 0 Å². The molecule has 2 amide bonds. The molecule has 0 saturated heterocycles. The van der Waals surface area contributed by atoms with E-state index in [1.807, 2.05) is 69.3 Å². The van der Waals surface area contributed by atoms with Crippen molar-refractivity contribution in [3.8, 4) is 11.4 Å². The Bertz CT molecular complexity index is 1430. The van der Waals surface area contributed by atoms with Crippen molar-refractivity contribution in [3.05, 3.63) is 107 Å². The fraction of sp³-hybridized carbons (Fsp3) is 0.148. The molecule has 170 valence electrons. The van der Waals surface area contributed by atoms with Crippen LogP contribution in [0.3, 0.4) is 0 Å². The van der Waals surface area contributed by atoms with Crippen LogP contribution in [0.4, 0.5) is 14.9 Å². The maximum Gasteiger partial charge on any atom is 0.326 e. The van der Waals surface area contributed by atoms with Gasteiger partial charge in [-0.25, -0.2) is 9.18 Å². The highest BCUT2D eigenvalue weighted by atomic mass is 19.1. The molecule has 7 heteroatoms. The lowest BCUT2D eigenvalue weighted by Crippen LogP contribution is -2.46. The van der Waals surface area contributed by atoms with E-state index in [1.54, 1.807) is 17.0 Å². The molecule has 1 unspecified atom stereocenters. The number of urea groups is 1. The van der Waals surface area contributed by atoms with Crippen molar-refractivity contribution >= 4 is 17.3 Å². The third-order valence-electron chi connectivity index (χ3n) is 5.86. The zero-order chi connectivity index (χ0) is 23.8. The molecule has 1 N–H and O–H groups in total. The molecular formula is C27H23FN4O2. The first kappa shape index (κ1) is 21.6. The van der Waals surface area contributed by atoms with Crippen molar-refractivity contribution < 1.29 is 13.7 Å². The molecule has 1 aliphatic rings. The predicted molar refractivity (Wildman–Crippen MR) is 128 cm³/mol. The van der Waals surface area contributed by atoms with Gasteiger partial charge in [-0.1, -0.05) is 53.2 Å². The van der Waals surface area contributed by atoms with Crippen LogP contribution >= 0.6 is 0 Å². The number of rotatable bonds is 4. The van der Waals surface area contributed by atoms with E-state index >= 15 is 0 Å². The number of hydrogen-bond acceptors (Lipinski definition) is 4. The summed E-state index contributed by atoms with van der Waals surface area (Å²) in [4.78, 5) is 19.5. The summed E-state index contributed by atoms with van der Waals surface area (Å²) in [6.45, 7) is 5.79. The number of nitrogens with zero attached hydrogens (tertiary/aromatic N) is 3. The molecule has 1 aromatic heterocycles. The van der Waals surface area contributed by atoms with E-state index in [4.69, 9.17) is 4.52 Å². The van der Waals surface area contributed by atoms with Gasteiger partial charge in [0, 0.05) is 11.3 Å². The Kier molecular flexibility index (Phi) is 5.45. The smallest absolute Gasteiger partial charge is 0.326 e. The van der Waals surface area contributed by atoms with Crippen LogP contribution < -0.4 is 10.2 Å². The van der Waals surface area contributed by atoms with Gasteiger partial charge in [-0.05, 0) is 62.2 Å². The third-order valence-corrected chi connectivity index (χ3v) is 5.86. The first-order chi connectivity index (χ1) is 16.4. The average molecular weight is 455 g/mol. The average Bonchev–Trinajstić information content (AvgIpc) is 3.28. The lowest BCUT2D eigenvalue weighted by molar-refractivity contribution is 0.244. The first-order valence-electron chi connectivity index (χ1n) is 11.0. The lowest BCUT2D eigenvalue weighted by atomic mass is 9.94. The second-order valence-corrected chi connectivity index (χ2v) is 8.40. The number of nitrogens with one attached hydrogen (secondary N) is 1. The van der Waals surface area contributed by atoms with Gasteiger partial charge in [0.1, 0.15) is 5.82 Å². The number of anilines is 1. The van der Waals surface area contributed by atoms with Crippen LogP contribution in [0.25, 0.3) is 17.0 Å². The molecule has 0 saturated carbocycles. The number of carbonyl (C=O) groups excluding carboxylic acids is 1. The van der Waals surface area contributed by atoms with Crippen molar-refractivity contribution in [1.29, 1.82) is 0 Å². The van der Waals surface area contributed by atoms with Crippen LogP contribution in [-0.2, 0) is 0 Å². The number of halogens is 1. The highest BCUT2D eigenvalue weighted by molar-refractivity contribution is 6.01. The Hall–Kier alpha value is -4.26. The van der Waals surface area contributed by atoms with Crippen molar-refractivity contribution in [2.45, 2.75) is 26.8 Å². The summed E-state index contributed by atoms with van der Waals surface area (Å²) in [6, 6.07) is 20.6. The molecule has 0 aliphatic carbocycles. The van der Waals surface area contributed by atoms with Crippen molar-refractivity contribution in [3.63, 3.8) is 0 Å². The summed E-state index contributed by atoms with van der Waals surface area (Å²) in [5, 5.41) is 7.19. The monoisotopic (exact) mass is 454 g/mol. The molecule has 0 fully saturated rings. The SMILES string of the molecule is CC1=C(c2nc(-c3cccc(C)c3)no2)C(c2cccc(F)c2)NC(=O)N1c1cccc(C)c1. The summed E-state index contributed by atoms with van der Waals surface area (Å²) in [5.41, 5.74) is 5.46. The maximum atomic E-state index is 14.1. The number of amides is 2. The molecule has 0 spiro atoms. The lowest BCUT2D eigenvalue weighted by Gasteiger charge is -2.35. The van der Waals surface area contributed by atoms with Crippen LogP contribution in [0.15, 0.2) is 83.0 Å². The van der Waals surface area contributed by atoms with Gasteiger partial charge in [-0.15, -0.1) is 0 Å². The molecule has 0 bridgehead atoms. The molecule has 6 nitrogen and oxygen atoms in total. The Labute approximate surface area is 196 Å². The van der Waals surface area contributed by atoms with E-state index in [0.29, 0.717) is 28.3 Å². The molecule has 1 aliphatic heterocycles. The zero-order valence-corrected chi connectivity index (χ0v) is 19.0. The first-order valence-corrected chi connectivity index (χ1v) is 11.0. The van der Waals surface area contributed by atoms with Gasteiger partial charge in [0.2, 0.25) is 5.82 Å². The standard InChI is InChI=1S/C27H23FN4O2/c1-16-7-4-10-20(13-16)25-30-26(34-31-25)23-18(3)32(22-12-5-8-17(2)14-22)27(33)29-24(23)19-9-6-11-21(28)15-19/h4-15,24H,1-3H3,(H,29,33). The van der Waals surface area contributed by atoms with Gasteiger partial charge < -0.3 is 9.84 Å². The summed E-state index contributed by atoms with van der Waals surface area (Å²) in [6.07, 6.45) is 0. The highest BCUT2D eigenvalue weighted by Gasteiger charge is 2.36. The van der Waals surface area contributed by atoms with E-state index in [1.165, 1.54) is 12.1 Å². The van der Waals surface area contributed by atoms with E-state index in [0.717, 1.165) is 16.7 Å². The topological polar surface area (TPSA) is 71.3 Å². The maximum absolute atomic E-state index is 14.1. The van der Waals surface area contributed by atoms with Crippen LogP contribution in [0, 0.1) is 19.7 Å². The fourth-order valence-electron chi connectivity index (χ4n) is 4.27. The number of aryl methyl sites for hydroxylation is 2. The molecule has 4 aromatic rings. The quantitative estimate of drug-likeness (QED) is 0.399. The van der Waals surface area contributed by atoms with Gasteiger partial charge in [0.25, 0.3) is 5.89 Å². The van der Waals surface area contributed by atoms with Gasteiger partial charge in [0.05, 0.1) is 17.3 Å². The van der Waals surface area contributed by atoms with E-state index in [-0.39, 0.29) is 11.9 Å². The third kappa shape index (κ3) is 3.96. The van der Waals surface area contributed by atoms with E-state index < -0.39 is 11.9 Å². The number of allylic oxidation sites excluding steroid dienone is 1. The molecular weight excluding hydrogens is 431 g/mol. The largest absolute Gasteiger partial charge is 0.334 e. The molecule has 2 heterocycles. The number of aromatic nitrogens is 2. The molecule has 34 heavy (non-hydrogen) atoms. The molecule has 5 rings (SSSR count). The second kappa shape index (κ2) is 8.59. The van der Waals surface area contributed by atoms with Crippen LogP contribution in [-0.4, -0.2) is 16.2 Å². The Balaban J connectivity index is 1.67. The van der Waals surface area contributed by atoms with Crippen molar-refractivity contribution in [1.82, 2.24) is 15.5 Å². The summed E-state index contributed by atoms with van der Waals surface area (Å²) in [7, 11) is 0. The van der Waals surface area contributed by atoms with Crippen molar-refractivity contribution in [2.24, 2.45) is 0 Å².